The third-order valence-corrected chi connectivity index (χ3v) is 8.91. The molecule has 1 amide bonds. The Kier molecular flexibility index (Phi) is 10.1. The Morgan fingerprint density at radius 2 is 1.65 bits per heavy atom. The van der Waals surface area contributed by atoms with Crippen molar-refractivity contribution in [3.63, 3.8) is 0 Å². The molecule has 1 aromatic heterocycles. The fourth-order valence-electron chi connectivity index (χ4n) is 5.46. The number of carbonyl (C=O) groups excluding carboxylic acids is 1. The standard InChI is InChI=1S/C38H34ClN3O5S/c1-4-45-30-18-14-27(15-19-30)35-34(36(43)41-29-9-7-6-8-10-29)24(3)40-38-42(35)37(44)33(48-38)22-26-13-20-31(32(21-26)46-5-2)47-23-25-11-16-28(39)17-12-25/h6-22,35H,4-5,23H2,1-3H3,(H,41,43)/b33-22-/t35-/m1/s1. The number of nitrogens with zero attached hydrogens (tertiary/aromatic N) is 2. The van der Waals surface area contributed by atoms with Crippen molar-refractivity contribution in [1.82, 2.24) is 4.57 Å². The first-order chi connectivity index (χ1) is 23.3. The van der Waals surface area contributed by atoms with Gasteiger partial charge in [-0.15, -0.1) is 0 Å². The van der Waals surface area contributed by atoms with Crippen molar-refractivity contribution in [2.45, 2.75) is 33.4 Å². The molecule has 1 atom stereocenters. The van der Waals surface area contributed by atoms with Gasteiger partial charge >= 0.3 is 0 Å². The van der Waals surface area contributed by atoms with Crippen LogP contribution in [0.15, 0.2) is 118 Å². The van der Waals surface area contributed by atoms with E-state index in [2.05, 4.69) is 5.32 Å². The third kappa shape index (κ3) is 7.22. The minimum Gasteiger partial charge on any atom is -0.494 e. The fourth-order valence-corrected chi connectivity index (χ4v) is 6.63. The highest BCUT2D eigenvalue weighted by Crippen LogP contribution is 2.32. The van der Waals surface area contributed by atoms with Gasteiger partial charge in [-0.3, -0.25) is 14.2 Å². The maximum Gasteiger partial charge on any atom is 0.271 e. The van der Waals surface area contributed by atoms with Gasteiger partial charge in [0.05, 0.1) is 35.1 Å². The number of halogens is 1. The predicted molar refractivity (Wildman–Crippen MR) is 190 cm³/mol. The van der Waals surface area contributed by atoms with Gasteiger partial charge in [0.1, 0.15) is 12.4 Å². The van der Waals surface area contributed by atoms with Crippen molar-refractivity contribution in [3.05, 3.63) is 150 Å². The largest absolute Gasteiger partial charge is 0.494 e. The van der Waals surface area contributed by atoms with Crippen LogP contribution in [0.25, 0.3) is 6.08 Å². The van der Waals surface area contributed by atoms with Crippen molar-refractivity contribution >= 4 is 40.6 Å². The van der Waals surface area contributed by atoms with Crippen molar-refractivity contribution in [2.75, 3.05) is 18.5 Å². The van der Waals surface area contributed by atoms with E-state index in [9.17, 15) is 9.59 Å². The molecule has 0 saturated heterocycles. The average Bonchev–Trinajstić information content (AvgIpc) is 3.39. The molecule has 5 aromatic rings. The maximum absolute atomic E-state index is 14.2. The summed E-state index contributed by atoms with van der Waals surface area (Å²) in [5, 5.41) is 3.65. The first-order valence-electron chi connectivity index (χ1n) is 15.6. The number of rotatable bonds is 11. The molecule has 1 aliphatic rings. The van der Waals surface area contributed by atoms with E-state index in [0.717, 1.165) is 16.7 Å². The summed E-state index contributed by atoms with van der Waals surface area (Å²) in [6.45, 7) is 6.94. The summed E-state index contributed by atoms with van der Waals surface area (Å²) >= 11 is 7.29. The summed E-state index contributed by atoms with van der Waals surface area (Å²) in [4.78, 5) is 33.3. The number of ether oxygens (including phenoxy) is 3. The average molecular weight is 680 g/mol. The number of carbonyl (C=O) groups is 1. The highest BCUT2D eigenvalue weighted by Gasteiger charge is 2.32. The first-order valence-corrected chi connectivity index (χ1v) is 16.8. The molecular formula is C38H34ClN3O5S. The number of fused-ring (bicyclic) bond motifs is 1. The predicted octanol–water partition coefficient (Wildman–Crippen LogP) is 6.90. The summed E-state index contributed by atoms with van der Waals surface area (Å²) in [6, 6.07) is 29.0. The summed E-state index contributed by atoms with van der Waals surface area (Å²) in [5.74, 6) is 1.53. The Hall–Kier alpha value is -5.12. The third-order valence-electron chi connectivity index (χ3n) is 7.68. The molecule has 1 N–H and O–H groups in total. The number of para-hydroxylation sites is 1. The smallest absolute Gasteiger partial charge is 0.271 e. The van der Waals surface area contributed by atoms with E-state index < -0.39 is 6.04 Å². The molecule has 0 bridgehead atoms. The number of aromatic nitrogens is 1. The highest BCUT2D eigenvalue weighted by molar-refractivity contribution is 7.07. The van der Waals surface area contributed by atoms with Gasteiger partial charge < -0.3 is 19.5 Å². The van der Waals surface area contributed by atoms with Crippen LogP contribution in [-0.4, -0.2) is 23.7 Å². The van der Waals surface area contributed by atoms with Crippen molar-refractivity contribution in [2.24, 2.45) is 4.99 Å². The van der Waals surface area contributed by atoms with Crippen molar-refractivity contribution in [1.29, 1.82) is 0 Å². The van der Waals surface area contributed by atoms with E-state index in [1.54, 1.807) is 11.5 Å². The van der Waals surface area contributed by atoms with Crippen LogP contribution in [-0.2, 0) is 11.4 Å². The van der Waals surface area contributed by atoms with Crippen molar-refractivity contribution in [3.8, 4) is 17.2 Å². The van der Waals surface area contributed by atoms with E-state index in [4.69, 9.17) is 30.8 Å². The fraction of sp³-hybridized carbons (Fsp3) is 0.184. The van der Waals surface area contributed by atoms with E-state index in [0.29, 0.717) is 68.4 Å². The maximum atomic E-state index is 14.2. The SMILES string of the molecule is CCOc1ccc([C@@H]2C(C(=O)Nc3ccccc3)=C(C)N=c3s/c(=C\c4ccc(OCc5ccc(Cl)cc5)c(OCC)c4)c(=O)n32)cc1. The molecule has 0 aliphatic carbocycles. The number of amides is 1. The number of anilines is 1. The van der Waals surface area contributed by atoms with E-state index >= 15 is 0 Å². The monoisotopic (exact) mass is 679 g/mol. The van der Waals surface area contributed by atoms with Gasteiger partial charge in [-0.05, 0) is 92.1 Å². The van der Waals surface area contributed by atoms with Crippen molar-refractivity contribution < 1.29 is 19.0 Å². The van der Waals surface area contributed by atoms with Crippen LogP contribution in [0.3, 0.4) is 0 Å². The van der Waals surface area contributed by atoms with Gasteiger partial charge in [-0.1, -0.05) is 71.5 Å². The lowest BCUT2D eigenvalue weighted by molar-refractivity contribution is -0.113. The van der Waals surface area contributed by atoms with Gasteiger partial charge in [0.15, 0.2) is 16.3 Å². The molecule has 2 heterocycles. The molecule has 0 fully saturated rings. The van der Waals surface area contributed by atoms with Crippen LogP contribution in [0.5, 0.6) is 17.2 Å². The molecule has 0 unspecified atom stereocenters. The van der Waals surface area contributed by atoms with Crippen LogP contribution in [0, 0.1) is 0 Å². The topological polar surface area (TPSA) is 91.2 Å². The zero-order valence-corrected chi connectivity index (χ0v) is 28.3. The molecule has 6 rings (SSSR count). The molecule has 0 spiro atoms. The Balaban J connectivity index is 1.38. The molecule has 0 saturated carbocycles. The first kappa shape index (κ1) is 32.8. The Morgan fingerprint density at radius 1 is 0.917 bits per heavy atom. The lowest BCUT2D eigenvalue weighted by atomic mass is 9.95. The minimum atomic E-state index is -0.703. The number of benzene rings is 4. The Labute approximate surface area is 287 Å². The van der Waals surface area contributed by atoms with Gasteiger partial charge in [0.25, 0.3) is 11.5 Å². The summed E-state index contributed by atoms with van der Waals surface area (Å²) in [5.41, 5.74) is 3.82. The highest BCUT2D eigenvalue weighted by atomic mass is 35.5. The lowest BCUT2D eigenvalue weighted by Crippen LogP contribution is -2.40. The zero-order valence-electron chi connectivity index (χ0n) is 26.7. The molecule has 0 radical (unpaired) electrons. The molecule has 1 aliphatic heterocycles. The Morgan fingerprint density at radius 3 is 2.35 bits per heavy atom. The molecule has 48 heavy (non-hydrogen) atoms. The minimum absolute atomic E-state index is 0.254. The normalized spacial score (nSPS) is 14.2. The van der Waals surface area contributed by atoms with E-state index in [1.165, 1.54) is 11.3 Å². The van der Waals surface area contributed by atoms with Crippen LogP contribution in [0.4, 0.5) is 5.69 Å². The van der Waals surface area contributed by atoms with Gasteiger partial charge in [-0.25, -0.2) is 4.99 Å². The summed E-state index contributed by atoms with van der Waals surface area (Å²) in [6.07, 6.45) is 1.81. The van der Waals surface area contributed by atoms with E-state index in [-0.39, 0.29) is 11.5 Å². The molecule has 8 nitrogen and oxygen atoms in total. The Bertz CT molecular complexity index is 2140. The van der Waals surface area contributed by atoms with Crippen LogP contribution >= 0.6 is 22.9 Å². The summed E-state index contributed by atoms with van der Waals surface area (Å²) in [7, 11) is 0. The second-order valence-electron chi connectivity index (χ2n) is 11.0. The number of nitrogens with one attached hydrogen (secondary N) is 1. The van der Waals surface area contributed by atoms with Gasteiger partial charge in [-0.2, -0.15) is 0 Å². The summed E-state index contributed by atoms with van der Waals surface area (Å²) < 4.78 is 19.7. The van der Waals surface area contributed by atoms with Gasteiger partial charge in [0.2, 0.25) is 0 Å². The number of thiazole rings is 1. The van der Waals surface area contributed by atoms with Crippen LogP contribution in [0.2, 0.25) is 5.02 Å². The molecular weight excluding hydrogens is 646 g/mol. The quantitative estimate of drug-likeness (QED) is 0.164. The van der Waals surface area contributed by atoms with E-state index in [1.807, 2.05) is 117 Å². The zero-order chi connectivity index (χ0) is 33.6. The second-order valence-corrected chi connectivity index (χ2v) is 12.4. The van der Waals surface area contributed by atoms with Crippen LogP contribution < -0.4 is 34.4 Å². The second kappa shape index (κ2) is 14.8. The molecule has 4 aromatic carbocycles. The molecule has 244 valence electrons. The van der Waals surface area contributed by atoms with Crippen LogP contribution in [0.1, 0.15) is 43.5 Å². The number of hydrogen-bond acceptors (Lipinski definition) is 7. The lowest BCUT2D eigenvalue weighted by Gasteiger charge is -2.25. The number of allylic oxidation sites excluding steroid dienone is 1. The van der Waals surface area contributed by atoms with Gasteiger partial charge in [0, 0.05) is 10.7 Å². The number of hydrogen-bond donors (Lipinski definition) is 1. The molecule has 10 heteroatoms.